The molecular weight excluding hydrogens is 893 g/mol. The number of nitrogens with two attached hydrogens (primary N) is 2. The third-order valence-electron chi connectivity index (χ3n) is 13.8. The molecule has 0 unspecified atom stereocenters. The van der Waals surface area contributed by atoms with Crippen LogP contribution in [0.4, 0.5) is 35.4 Å². The average Bonchev–Trinajstić information content (AvgIpc) is 4.07. The second kappa shape index (κ2) is 18.5. The Morgan fingerprint density at radius 3 is 1.33 bits per heavy atom. The lowest BCUT2D eigenvalue weighted by Gasteiger charge is -2.34. The van der Waals surface area contributed by atoms with Crippen molar-refractivity contribution in [2.45, 2.75) is 37.5 Å². The smallest absolute Gasteiger partial charge is 0.228 e. The van der Waals surface area contributed by atoms with Crippen LogP contribution in [0.15, 0.2) is 61.4 Å². The van der Waals surface area contributed by atoms with Crippen LogP contribution >= 0.6 is 0 Å². The summed E-state index contributed by atoms with van der Waals surface area (Å²) in [6.45, 7) is 7.78. The Morgan fingerprint density at radius 1 is 0.529 bits per heavy atom. The SMILES string of the molecule is Nc1ncc(-c2nc(N3CCOCC3)nc3n[nH]c(C4CCN(c5ncccc5C(=O)c5cccnc5N5CCC(c6[nH]nc7nc(N8CCOCC8)nc(-c8cnc(N)nc8)c67)CC5)CC4)c23)cn1. The molecule has 23 heteroatoms. The highest BCUT2D eigenvalue weighted by molar-refractivity contribution is 6.14. The van der Waals surface area contributed by atoms with Gasteiger partial charge in [0.05, 0.1) is 71.1 Å². The molecule has 12 rings (SSSR count). The molecule has 356 valence electrons. The van der Waals surface area contributed by atoms with Crippen LogP contribution in [0.1, 0.15) is 64.8 Å². The van der Waals surface area contributed by atoms with Gasteiger partial charge in [0.2, 0.25) is 23.8 Å². The molecule has 0 bridgehead atoms. The van der Waals surface area contributed by atoms with E-state index in [0.29, 0.717) is 136 Å². The molecule has 0 saturated carbocycles. The Kier molecular flexibility index (Phi) is 11.4. The van der Waals surface area contributed by atoms with E-state index in [4.69, 9.17) is 61.0 Å². The van der Waals surface area contributed by atoms with E-state index >= 15 is 0 Å². The average molecular weight is 943 g/mol. The van der Waals surface area contributed by atoms with Crippen molar-refractivity contribution in [1.29, 1.82) is 0 Å². The molecule has 4 saturated heterocycles. The molecule has 0 aromatic carbocycles. The van der Waals surface area contributed by atoms with Crippen LogP contribution in [0.25, 0.3) is 44.6 Å². The van der Waals surface area contributed by atoms with Gasteiger partial charge in [-0.05, 0) is 49.9 Å². The summed E-state index contributed by atoms with van der Waals surface area (Å²) in [5.74, 6) is 2.95. The maximum atomic E-state index is 14.8. The third kappa shape index (κ3) is 8.14. The summed E-state index contributed by atoms with van der Waals surface area (Å²) in [7, 11) is 0. The zero-order chi connectivity index (χ0) is 47.1. The molecule has 6 N–H and O–H groups in total. The van der Waals surface area contributed by atoms with Crippen LogP contribution in [-0.4, -0.2) is 155 Å². The minimum atomic E-state index is -0.123. The summed E-state index contributed by atoms with van der Waals surface area (Å²) in [6, 6.07) is 7.38. The first kappa shape index (κ1) is 43.2. The van der Waals surface area contributed by atoms with Gasteiger partial charge in [-0.1, -0.05) is 0 Å². The molecule has 12 heterocycles. The summed E-state index contributed by atoms with van der Waals surface area (Å²) in [6.07, 6.45) is 13.4. The number of nitrogen functional groups attached to an aromatic ring is 2. The van der Waals surface area contributed by atoms with Gasteiger partial charge in [-0.25, -0.2) is 39.9 Å². The highest BCUT2D eigenvalue weighted by atomic mass is 16.5. The minimum absolute atomic E-state index is 0.112. The zero-order valence-corrected chi connectivity index (χ0v) is 38.3. The van der Waals surface area contributed by atoms with Gasteiger partial charge in [0.1, 0.15) is 11.6 Å². The van der Waals surface area contributed by atoms with E-state index in [0.717, 1.165) is 59.0 Å². The van der Waals surface area contributed by atoms with E-state index in [1.165, 1.54) is 0 Å². The number of hydrogen-bond donors (Lipinski definition) is 4. The molecule has 4 aliphatic heterocycles. The molecular formula is C47H50N20O3. The van der Waals surface area contributed by atoms with Crippen LogP contribution in [0, 0.1) is 0 Å². The summed E-state index contributed by atoms with van der Waals surface area (Å²) in [4.78, 5) is 70.1. The van der Waals surface area contributed by atoms with Crippen molar-refractivity contribution in [2.75, 3.05) is 110 Å². The number of H-pyrrole nitrogens is 2. The number of fused-ring (bicyclic) bond motifs is 2. The Bertz CT molecular complexity index is 2960. The van der Waals surface area contributed by atoms with E-state index in [1.807, 2.05) is 24.3 Å². The van der Waals surface area contributed by atoms with Crippen LogP contribution in [-0.2, 0) is 9.47 Å². The van der Waals surface area contributed by atoms with Gasteiger partial charge >= 0.3 is 0 Å². The highest BCUT2D eigenvalue weighted by Gasteiger charge is 2.33. The number of aromatic amines is 2. The number of carbonyl (C=O) groups is 1. The third-order valence-corrected chi connectivity index (χ3v) is 13.8. The maximum Gasteiger partial charge on any atom is 0.228 e. The number of anilines is 6. The van der Waals surface area contributed by atoms with Gasteiger partial charge < -0.3 is 40.5 Å². The van der Waals surface area contributed by atoms with Crippen molar-refractivity contribution in [3.8, 4) is 22.5 Å². The fourth-order valence-corrected chi connectivity index (χ4v) is 10.2. The molecule has 0 aliphatic carbocycles. The Morgan fingerprint density at radius 2 is 0.929 bits per heavy atom. The predicted octanol–water partition coefficient (Wildman–Crippen LogP) is 3.56. The molecule has 0 spiro atoms. The largest absolute Gasteiger partial charge is 0.378 e. The van der Waals surface area contributed by atoms with Crippen LogP contribution in [0.2, 0.25) is 0 Å². The molecule has 8 aromatic heterocycles. The van der Waals surface area contributed by atoms with E-state index in [-0.39, 0.29) is 29.5 Å². The van der Waals surface area contributed by atoms with E-state index < -0.39 is 0 Å². The predicted molar refractivity (Wildman–Crippen MR) is 261 cm³/mol. The number of nitrogens with zero attached hydrogens (tertiary/aromatic N) is 16. The number of carbonyl (C=O) groups excluding carboxylic acids is 1. The summed E-state index contributed by atoms with van der Waals surface area (Å²) in [5, 5.41) is 17.8. The second-order valence-corrected chi connectivity index (χ2v) is 17.9. The highest BCUT2D eigenvalue weighted by Crippen LogP contribution is 2.40. The number of ketones is 1. The Balaban J connectivity index is 0.771. The summed E-state index contributed by atoms with van der Waals surface area (Å²) in [5.41, 5.74) is 18.8. The van der Waals surface area contributed by atoms with Crippen LogP contribution in [0.5, 0.6) is 0 Å². The van der Waals surface area contributed by atoms with Crippen molar-refractivity contribution in [2.24, 2.45) is 0 Å². The van der Waals surface area contributed by atoms with Gasteiger partial charge in [0.25, 0.3) is 0 Å². The standard InChI is InChI=1S/C47H50N20O3/c48-44-52-23-29(24-53-44)35-33-37(60-62-40(33)58-46(56-35)66-15-19-69-20-16-66)27-5-11-64(12-6-27)42-31(3-1-9-50-42)39(68)32-4-2-10-51-43(32)65-13-7-28(8-14-65)38-34-36(30-25-54-45(49)55-26-30)57-47(59-41(34)63-61-38)67-17-21-70-22-18-67/h1-4,9-10,23-28H,5-8,11-22H2,(H2,48,52,53)(H2,49,54,55)(H,56,58,60,62)(H,57,59,61,63). The number of piperidine rings is 2. The first-order valence-corrected chi connectivity index (χ1v) is 23.7. The molecule has 0 radical (unpaired) electrons. The number of rotatable bonds is 10. The molecule has 70 heavy (non-hydrogen) atoms. The zero-order valence-electron chi connectivity index (χ0n) is 38.3. The summed E-state index contributed by atoms with van der Waals surface area (Å²) < 4.78 is 11.2. The minimum Gasteiger partial charge on any atom is -0.378 e. The number of hydrogen-bond acceptors (Lipinski definition) is 21. The Labute approximate surface area is 400 Å². The first-order valence-electron chi connectivity index (χ1n) is 23.7. The van der Waals surface area contributed by atoms with Crippen molar-refractivity contribution in [1.82, 2.24) is 70.2 Å². The topological polar surface area (TPSA) is 287 Å². The van der Waals surface area contributed by atoms with Gasteiger partial charge in [-0.15, -0.1) is 0 Å². The number of aromatic nitrogens is 14. The van der Waals surface area contributed by atoms with E-state index in [9.17, 15) is 4.79 Å². The van der Waals surface area contributed by atoms with Gasteiger partial charge in [-0.2, -0.15) is 20.2 Å². The van der Waals surface area contributed by atoms with Gasteiger partial charge in [0, 0.05) is 113 Å². The lowest BCUT2D eigenvalue weighted by Crippen LogP contribution is -2.37. The van der Waals surface area contributed by atoms with Crippen molar-refractivity contribution < 1.29 is 14.3 Å². The molecule has 0 atom stereocenters. The van der Waals surface area contributed by atoms with Crippen LogP contribution in [0.3, 0.4) is 0 Å². The fourth-order valence-electron chi connectivity index (χ4n) is 10.2. The quantitative estimate of drug-likeness (QED) is 0.143. The van der Waals surface area contributed by atoms with E-state index in [2.05, 4.69) is 49.7 Å². The maximum absolute atomic E-state index is 14.8. The lowest BCUT2D eigenvalue weighted by atomic mass is 9.90. The van der Waals surface area contributed by atoms with Crippen LogP contribution < -0.4 is 31.1 Å². The number of nitrogens with one attached hydrogen (secondary N) is 2. The number of morpholine rings is 2. The van der Waals surface area contributed by atoms with Crippen molar-refractivity contribution >= 4 is 63.3 Å². The Hall–Kier alpha value is -8.05. The molecule has 8 aromatic rings. The van der Waals surface area contributed by atoms with Gasteiger partial charge in [-0.3, -0.25) is 15.0 Å². The second-order valence-electron chi connectivity index (χ2n) is 17.9. The number of pyridine rings is 2. The normalized spacial score (nSPS) is 17.5. The summed E-state index contributed by atoms with van der Waals surface area (Å²) >= 11 is 0. The number of ether oxygens (including phenoxy) is 2. The first-order chi connectivity index (χ1) is 34.4. The monoisotopic (exact) mass is 942 g/mol. The van der Waals surface area contributed by atoms with E-state index in [1.54, 1.807) is 37.2 Å². The van der Waals surface area contributed by atoms with Gasteiger partial charge in [0.15, 0.2) is 17.1 Å². The lowest BCUT2D eigenvalue weighted by molar-refractivity contribution is 0.103. The van der Waals surface area contributed by atoms with Crippen molar-refractivity contribution in [3.05, 3.63) is 84.0 Å². The fraction of sp³-hybridized carbons (Fsp3) is 0.383. The molecule has 0 amide bonds. The van der Waals surface area contributed by atoms with Crippen molar-refractivity contribution in [3.63, 3.8) is 0 Å². The molecule has 4 aliphatic rings. The molecule has 4 fully saturated rings. The molecule has 23 nitrogen and oxygen atoms in total.